The summed E-state index contributed by atoms with van der Waals surface area (Å²) in [5, 5.41) is 6.67. The van der Waals surface area contributed by atoms with Crippen molar-refractivity contribution in [1.29, 1.82) is 0 Å². The molecule has 0 saturated carbocycles. The van der Waals surface area contributed by atoms with Crippen LogP contribution >= 0.6 is 11.6 Å². The van der Waals surface area contributed by atoms with E-state index in [0.717, 1.165) is 18.5 Å². The van der Waals surface area contributed by atoms with Gasteiger partial charge in [0.2, 0.25) is 5.91 Å². The van der Waals surface area contributed by atoms with Crippen molar-refractivity contribution in [3.8, 4) is 5.75 Å². The van der Waals surface area contributed by atoms with Gasteiger partial charge in [-0.2, -0.15) is 0 Å². The fourth-order valence-corrected chi connectivity index (χ4v) is 3.17. The second kappa shape index (κ2) is 7.14. The molecule has 3 rings (SSSR count). The van der Waals surface area contributed by atoms with Crippen LogP contribution in [0.25, 0.3) is 0 Å². The van der Waals surface area contributed by atoms with Gasteiger partial charge in [0, 0.05) is 10.7 Å². The summed E-state index contributed by atoms with van der Waals surface area (Å²) in [5.41, 5.74) is 4.33. The number of aryl methyl sites for hydroxylation is 2. The largest absolute Gasteiger partial charge is 0.495 e. The molecule has 1 aliphatic rings. The third-order valence-electron chi connectivity index (χ3n) is 4.29. The number of nitrogens with one attached hydrogen (secondary N) is 2. The van der Waals surface area contributed by atoms with E-state index in [1.165, 1.54) is 17.5 Å². The van der Waals surface area contributed by atoms with E-state index in [0.29, 0.717) is 16.5 Å². The summed E-state index contributed by atoms with van der Waals surface area (Å²) in [7, 11) is 1.56. The summed E-state index contributed by atoms with van der Waals surface area (Å²) in [6.45, 7) is 1.83. The van der Waals surface area contributed by atoms with Gasteiger partial charge in [0.15, 0.2) is 0 Å². The Hall–Kier alpha value is -2.20. The Labute approximate surface area is 147 Å². The zero-order valence-electron chi connectivity index (χ0n) is 13.9. The molecule has 0 saturated heterocycles. The molecule has 0 fully saturated rings. The zero-order valence-corrected chi connectivity index (χ0v) is 14.6. The van der Waals surface area contributed by atoms with Gasteiger partial charge in [-0.1, -0.05) is 17.7 Å². The van der Waals surface area contributed by atoms with Gasteiger partial charge in [-0.05, 0) is 67.6 Å². The maximum absolute atomic E-state index is 12.5. The second-order valence-corrected chi connectivity index (χ2v) is 6.47. The predicted molar refractivity (Wildman–Crippen MR) is 98.2 cm³/mol. The van der Waals surface area contributed by atoms with Crippen molar-refractivity contribution in [1.82, 2.24) is 0 Å². The molecule has 1 aliphatic carbocycles. The Morgan fingerprint density at radius 1 is 1.17 bits per heavy atom. The summed E-state index contributed by atoms with van der Waals surface area (Å²) in [6.07, 6.45) is 3.48. The lowest BCUT2D eigenvalue weighted by atomic mass is 10.1. The summed E-state index contributed by atoms with van der Waals surface area (Å²) < 4.78 is 5.26. The van der Waals surface area contributed by atoms with Crippen LogP contribution in [0.5, 0.6) is 5.75 Å². The number of halogens is 1. The van der Waals surface area contributed by atoms with Gasteiger partial charge >= 0.3 is 0 Å². The summed E-state index contributed by atoms with van der Waals surface area (Å²) in [5.74, 6) is 0.438. The van der Waals surface area contributed by atoms with Crippen LogP contribution in [0.15, 0.2) is 36.4 Å². The van der Waals surface area contributed by atoms with Crippen LogP contribution in [-0.4, -0.2) is 19.1 Å². The van der Waals surface area contributed by atoms with E-state index in [9.17, 15) is 4.79 Å². The Bertz CT molecular complexity index is 761. The second-order valence-electron chi connectivity index (χ2n) is 6.04. The summed E-state index contributed by atoms with van der Waals surface area (Å²) in [6, 6.07) is 11.1. The molecule has 0 heterocycles. The Kier molecular flexibility index (Phi) is 4.95. The number of amides is 1. The van der Waals surface area contributed by atoms with Crippen LogP contribution in [-0.2, 0) is 17.6 Å². The first kappa shape index (κ1) is 16.7. The monoisotopic (exact) mass is 344 g/mol. The van der Waals surface area contributed by atoms with E-state index < -0.39 is 0 Å². The van der Waals surface area contributed by atoms with Crippen molar-refractivity contribution in [2.45, 2.75) is 32.2 Å². The Morgan fingerprint density at radius 3 is 2.75 bits per heavy atom. The molecule has 126 valence electrons. The highest BCUT2D eigenvalue weighted by atomic mass is 35.5. The van der Waals surface area contributed by atoms with Crippen molar-refractivity contribution in [2.75, 3.05) is 17.7 Å². The average Bonchev–Trinajstić information content (AvgIpc) is 3.02. The van der Waals surface area contributed by atoms with E-state index >= 15 is 0 Å². The molecule has 4 nitrogen and oxygen atoms in total. The van der Waals surface area contributed by atoms with Crippen molar-refractivity contribution in [2.24, 2.45) is 0 Å². The summed E-state index contributed by atoms with van der Waals surface area (Å²) >= 11 is 6.00. The minimum atomic E-state index is -0.381. The first-order chi connectivity index (χ1) is 11.6. The molecular weight excluding hydrogens is 324 g/mol. The van der Waals surface area contributed by atoms with E-state index in [4.69, 9.17) is 16.3 Å². The van der Waals surface area contributed by atoms with E-state index in [1.807, 2.05) is 13.0 Å². The third-order valence-corrected chi connectivity index (χ3v) is 4.53. The Morgan fingerprint density at radius 2 is 1.96 bits per heavy atom. The quantitative estimate of drug-likeness (QED) is 0.851. The summed E-state index contributed by atoms with van der Waals surface area (Å²) in [4.78, 5) is 12.5. The zero-order chi connectivity index (χ0) is 17.1. The number of hydrogen-bond acceptors (Lipinski definition) is 3. The minimum Gasteiger partial charge on any atom is -0.495 e. The highest BCUT2D eigenvalue weighted by Crippen LogP contribution is 2.28. The molecule has 0 aliphatic heterocycles. The van der Waals surface area contributed by atoms with Gasteiger partial charge in [0.25, 0.3) is 0 Å². The molecule has 1 amide bonds. The lowest BCUT2D eigenvalue weighted by molar-refractivity contribution is -0.116. The number of benzene rings is 2. The van der Waals surface area contributed by atoms with E-state index in [1.54, 1.807) is 25.3 Å². The smallest absolute Gasteiger partial charge is 0.246 e. The number of fused-ring (bicyclic) bond motifs is 1. The van der Waals surface area contributed by atoms with Crippen molar-refractivity contribution in [3.63, 3.8) is 0 Å². The minimum absolute atomic E-state index is 0.143. The molecule has 0 spiro atoms. The van der Waals surface area contributed by atoms with Gasteiger partial charge < -0.3 is 15.4 Å². The lowest BCUT2D eigenvalue weighted by Gasteiger charge is -2.17. The van der Waals surface area contributed by atoms with E-state index in [-0.39, 0.29) is 11.9 Å². The first-order valence-corrected chi connectivity index (χ1v) is 8.47. The molecule has 0 bridgehead atoms. The number of carbonyl (C=O) groups is 1. The Balaban J connectivity index is 1.68. The van der Waals surface area contributed by atoms with Crippen molar-refractivity contribution < 1.29 is 9.53 Å². The van der Waals surface area contributed by atoms with Crippen LogP contribution < -0.4 is 15.4 Å². The van der Waals surface area contributed by atoms with Crippen LogP contribution in [0, 0.1) is 0 Å². The first-order valence-electron chi connectivity index (χ1n) is 8.09. The maximum Gasteiger partial charge on any atom is 0.246 e. The molecule has 1 atom stereocenters. The van der Waals surface area contributed by atoms with Crippen LogP contribution in [0.4, 0.5) is 11.4 Å². The molecule has 0 unspecified atom stereocenters. The SMILES string of the molecule is COc1ccc(Cl)cc1NC(=O)[C@@H](C)Nc1ccc2c(c1)CCC2. The number of ether oxygens (including phenoxy) is 1. The highest BCUT2D eigenvalue weighted by Gasteiger charge is 2.17. The number of hydrogen-bond donors (Lipinski definition) is 2. The fraction of sp³-hybridized carbons (Fsp3) is 0.316. The average molecular weight is 345 g/mol. The van der Waals surface area contributed by atoms with E-state index in [2.05, 4.69) is 22.8 Å². The number of carbonyl (C=O) groups excluding carboxylic acids is 1. The van der Waals surface area contributed by atoms with Crippen LogP contribution in [0.1, 0.15) is 24.5 Å². The maximum atomic E-state index is 12.5. The molecule has 2 aromatic rings. The molecule has 24 heavy (non-hydrogen) atoms. The van der Waals surface area contributed by atoms with Gasteiger partial charge in [-0.25, -0.2) is 0 Å². The fourth-order valence-electron chi connectivity index (χ4n) is 3.00. The molecule has 5 heteroatoms. The standard InChI is InChI=1S/C19H21ClN2O2/c1-12(21-16-8-6-13-4-3-5-14(13)10-16)19(23)22-17-11-15(20)7-9-18(17)24-2/h6-12,21H,3-5H2,1-2H3,(H,22,23)/t12-/m1/s1. The number of methoxy groups -OCH3 is 1. The van der Waals surface area contributed by atoms with Gasteiger partial charge in [-0.15, -0.1) is 0 Å². The van der Waals surface area contributed by atoms with Gasteiger partial charge in [0.05, 0.1) is 12.8 Å². The topological polar surface area (TPSA) is 50.4 Å². The number of rotatable bonds is 5. The third kappa shape index (κ3) is 3.65. The highest BCUT2D eigenvalue weighted by molar-refractivity contribution is 6.31. The molecule has 2 N–H and O–H groups in total. The van der Waals surface area contributed by atoms with Crippen molar-refractivity contribution >= 4 is 28.9 Å². The van der Waals surface area contributed by atoms with Crippen molar-refractivity contribution in [3.05, 3.63) is 52.5 Å². The predicted octanol–water partition coefficient (Wildman–Crippen LogP) is 4.28. The van der Waals surface area contributed by atoms with Gasteiger partial charge in [-0.3, -0.25) is 4.79 Å². The molecular formula is C19H21ClN2O2. The molecule has 0 radical (unpaired) electrons. The number of anilines is 2. The lowest BCUT2D eigenvalue weighted by Crippen LogP contribution is -2.32. The molecule has 0 aromatic heterocycles. The normalized spacial score (nSPS) is 14.0. The molecule has 2 aromatic carbocycles. The van der Waals surface area contributed by atoms with Crippen LogP contribution in [0.3, 0.4) is 0 Å². The van der Waals surface area contributed by atoms with Crippen LogP contribution in [0.2, 0.25) is 5.02 Å². The van der Waals surface area contributed by atoms with Gasteiger partial charge in [0.1, 0.15) is 11.8 Å².